The first-order valence-electron chi connectivity index (χ1n) is 8.37. The molecule has 152 valence electrons. The van der Waals surface area contributed by atoms with Gasteiger partial charge < -0.3 is 4.90 Å². The summed E-state index contributed by atoms with van der Waals surface area (Å²) in [6, 6.07) is 2.45. The number of nitrogens with zero attached hydrogens (tertiary/aromatic N) is 4. The minimum atomic E-state index is -4.54. The number of amides is 1. The zero-order chi connectivity index (χ0) is 20.7. The van der Waals surface area contributed by atoms with Gasteiger partial charge in [-0.15, -0.1) is 0 Å². The molecule has 1 saturated heterocycles. The molecule has 1 fully saturated rings. The molecule has 8 nitrogen and oxygen atoms in total. The molecule has 2 aromatic rings. The van der Waals surface area contributed by atoms with Gasteiger partial charge in [-0.05, 0) is 38.1 Å². The standard InChI is InChI=1S/C16H18F3N5O3S/c1-10-8-23(9-11(2)24(10)15(25)14-7-20-22-21-14)28(26,27)13-5-3-12(4-6-13)16(17,18)19/h3-7,10-11H,8-9H2,1-2H3,(H,20,21,22)/t10-,11?/m1/s1. The Balaban J connectivity index is 1.80. The molecular formula is C16H18F3N5O3S. The van der Waals surface area contributed by atoms with Crippen molar-refractivity contribution in [3.8, 4) is 0 Å². The van der Waals surface area contributed by atoms with Crippen molar-refractivity contribution in [3.63, 3.8) is 0 Å². The fourth-order valence-corrected chi connectivity index (χ4v) is 4.87. The van der Waals surface area contributed by atoms with E-state index in [9.17, 15) is 26.4 Å². The average Bonchev–Trinajstić information content (AvgIpc) is 3.15. The van der Waals surface area contributed by atoms with Crippen LogP contribution < -0.4 is 0 Å². The summed E-state index contributed by atoms with van der Waals surface area (Å²) in [6.07, 6.45) is -3.26. The van der Waals surface area contributed by atoms with Gasteiger partial charge in [-0.2, -0.15) is 32.9 Å². The number of nitrogens with one attached hydrogen (secondary N) is 1. The van der Waals surface area contributed by atoms with Crippen molar-refractivity contribution in [1.29, 1.82) is 0 Å². The molecule has 1 unspecified atom stereocenters. The topological polar surface area (TPSA) is 99.3 Å². The quantitative estimate of drug-likeness (QED) is 0.820. The average molecular weight is 417 g/mol. The normalized spacial score (nSPS) is 21.7. The number of piperazine rings is 1. The van der Waals surface area contributed by atoms with Crippen LogP contribution in [-0.2, 0) is 16.2 Å². The second kappa shape index (κ2) is 7.17. The number of aromatic amines is 1. The Morgan fingerprint density at radius 1 is 1.14 bits per heavy atom. The molecule has 2 atom stereocenters. The van der Waals surface area contributed by atoms with Gasteiger partial charge in [0.1, 0.15) is 0 Å². The highest BCUT2D eigenvalue weighted by Crippen LogP contribution is 2.31. The zero-order valence-corrected chi connectivity index (χ0v) is 15.8. The number of halogens is 3. The number of aromatic nitrogens is 3. The third-order valence-electron chi connectivity index (χ3n) is 4.57. The number of H-pyrrole nitrogens is 1. The van der Waals surface area contributed by atoms with Crippen LogP contribution in [0.3, 0.4) is 0 Å². The zero-order valence-electron chi connectivity index (χ0n) is 15.0. The molecule has 3 rings (SSSR count). The highest BCUT2D eigenvalue weighted by Gasteiger charge is 2.39. The Kier molecular flexibility index (Phi) is 5.19. The molecule has 28 heavy (non-hydrogen) atoms. The van der Waals surface area contributed by atoms with Gasteiger partial charge in [-0.3, -0.25) is 4.79 Å². The van der Waals surface area contributed by atoms with E-state index in [1.165, 1.54) is 15.4 Å². The fraction of sp³-hybridized carbons (Fsp3) is 0.438. The molecule has 0 radical (unpaired) electrons. The van der Waals surface area contributed by atoms with Crippen molar-refractivity contribution in [1.82, 2.24) is 24.6 Å². The van der Waals surface area contributed by atoms with Crippen molar-refractivity contribution in [2.75, 3.05) is 13.1 Å². The smallest absolute Gasteiger partial charge is 0.329 e. The van der Waals surface area contributed by atoms with E-state index < -0.39 is 33.8 Å². The van der Waals surface area contributed by atoms with Gasteiger partial charge in [0.2, 0.25) is 10.0 Å². The molecule has 0 aliphatic carbocycles. The molecular weight excluding hydrogens is 399 g/mol. The van der Waals surface area contributed by atoms with E-state index in [0.717, 1.165) is 24.3 Å². The maximum atomic E-state index is 12.9. The number of alkyl halides is 3. The third-order valence-corrected chi connectivity index (χ3v) is 6.42. The summed E-state index contributed by atoms with van der Waals surface area (Å²) in [4.78, 5) is 13.9. The number of hydrogen-bond donors (Lipinski definition) is 1. The lowest BCUT2D eigenvalue weighted by atomic mass is 10.1. The second-order valence-corrected chi connectivity index (χ2v) is 8.55. The largest absolute Gasteiger partial charge is 0.416 e. The Bertz CT molecular complexity index is 933. The van der Waals surface area contributed by atoms with E-state index in [1.807, 2.05) is 0 Å². The van der Waals surface area contributed by atoms with E-state index in [4.69, 9.17) is 0 Å². The maximum Gasteiger partial charge on any atom is 0.416 e. The first-order valence-corrected chi connectivity index (χ1v) is 9.81. The van der Waals surface area contributed by atoms with Gasteiger partial charge in [0, 0.05) is 25.2 Å². The molecule has 1 aliphatic heterocycles. The summed E-state index contributed by atoms with van der Waals surface area (Å²) >= 11 is 0. The van der Waals surface area contributed by atoms with Crippen molar-refractivity contribution in [2.24, 2.45) is 0 Å². The third kappa shape index (κ3) is 3.74. The predicted octanol–water partition coefficient (Wildman–Crippen LogP) is 1.75. The van der Waals surface area contributed by atoms with Crippen LogP contribution >= 0.6 is 0 Å². The number of carbonyl (C=O) groups excluding carboxylic acids is 1. The Hall–Kier alpha value is -2.47. The minimum absolute atomic E-state index is 0.0112. The lowest BCUT2D eigenvalue weighted by Gasteiger charge is -2.43. The van der Waals surface area contributed by atoms with E-state index in [-0.39, 0.29) is 29.6 Å². The molecule has 0 spiro atoms. The molecule has 1 aromatic heterocycles. The number of carbonyl (C=O) groups is 1. The van der Waals surface area contributed by atoms with Crippen LogP contribution in [0.5, 0.6) is 0 Å². The SMILES string of the molecule is CC1CN(S(=O)(=O)c2ccc(C(F)(F)F)cc2)C[C@@H](C)N1C(=O)c1cn[nH]n1. The van der Waals surface area contributed by atoms with Crippen LogP contribution in [0.4, 0.5) is 13.2 Å². The van der Waals surface area contributed by atoms with Gasteiger partial charge in [0.05, 0.1) is 16.7 Å². The van der Waals surface area contributed by atoms with Gasteiger partial charge in [0.15, 0.2) is 5.69 Å². The van der Waals surface area contributed by atoms with Crippen LogP contribution in [0.1, 0.15) is 29.9 Å². The number of rotatable bonds is 3. The van der Waals surface area contributed by atoms with Gasteiger partial charge in [0.25, 0.3) is 5.91 Å². The van der Waals surface area contributed by atoms with Crippen LogP contribution in [0.15, 0.2) is 35.4 Å². The van der Waals surface area contributed by atoms with Gasteiger partial charge >= 0.3 is 6.18 Å². The summed E-state index contributed by atoms with van der Waals surface area (Å²) in [5.41, 5.74) is -0.797. The van der Waals surface area contributed by atoms with Crippen molar-refractivity contribution < 1.29 is 26.4 Å². The molecule has 0 bridgehead atoms. The summed E-state index contributed by atoms with van der Waals surface area (Å²) in [6.45, 7) is 3.42. The summed E-state index contributed by atoms with van der Waals surface area (Å²) < 4.78 is 65.0. The Morgan fingerprint density at radius 2 is 1.71 bits per heavy atom. The van der Waals surface area contributed by atoms with Crippen LogP contribution in [0.2, 0.25) is 0 Å². The first kappa shape index (κ1) is 20.3. The number of sulfonamides is 1. The Morgan fingerprint density at radius 3 is 2.18 bits per heavy atom. The molecule has 1 aliphatic rings. The lowest BCUT2D eigenvalue weighted by molar-refractivity contribution is -0.137. The summed E-state index contributed by atoms with van der Waals surface area (Å²) in [5.74, 6) is -0.375. The monoisotopic (exact) mass is 417 g/mol. The van der Waals surface area contributed by atoms with E-state index in [2.05, 4.69) is 15.4 Å². The number of benzene rings is 1. The fourth-order valence-electron chi connectivity index (χ4n) is 3.27. The molecule has 1 N–H and O–H groups in total. The lowest BCUT2D eigenvalue weighted by Crippen LogP contribution is -2.59. The molecule has 0 saturated carbocycles. The van der Waals surface area contributed by atoms with Gasteiger partial charge in [-0.25, -0.2) is 8.42 Å². The summed E-state index contributed by atoms with van der Waals surface area (Å²) in [7, 11) is -4.00. The van der Waals surface area contributed by atoms with Gasteiger partial charge in [-0.1, -0.05) is 0 Å². The van der Waals surface area contributed by atoms with E-state index >= 15 is 0 Å². The van der Waals surface area contributed by atoms with E-state index in [0.29, 0.717) is 0 Å². The van der Waals surface area contributed by atoms with Crippen LogP contribution in [-0.4, -0.2) is 64.1 Å². The molecule has 1 aromatic carbocycles. The summed E-state index contributed by atoms with van der Waals surface area (Å²) in [5, 5.41) is 9.70. The first-order chi connectivity index (χ1) is 13.0. The van der Waals surface area contributed by atoms with E-state index in [1.54, 1.807) is 13.8 Å². The van der Waals surface area contributed by atoms with Crippen LogP contribution in [0, 0.1) is 0 Å². The highest BCUT2D eigenvalue weighted by molar-refractivity contribution is 7.89. The van der Waals surface area contributed by atoms with Crippen LogP contribution in [0.25, 0.3) is 0 Å². The molecule has 2 heterocycles. The minimum Gasteiger partial charge on any atom is -0.329 e. The second-order valence-electron chi connectivity index (χ2n) is 6.61. The van der Waals surface area contributed by atoms with Crippen molar-refractivity contribution in [2.45, 2.75) is 37.0 Å². The number of hydrogen-bond acceptors (Lipinski definition) is 5. The molecule has 12 heteroatoms. The Labute approximate surface area is 159 Å². The molecule has 1 amide bonds. The maximum absolute atomic E-state index is 12.9. The van der Waals surface area contributed by atoms with Crippen molar-refractivity contribution in [3.05, 3.63) is 41.7 Å². The predicted molar refractivity (Wildman–Crippen MR) is 91.7 cm³/mol. The van der Waals surface area contributed by atoms with Crippen molar-refractivity contribution >= 4 is 15.9 Å². The highest BCUT2D eigenvalue weighted by atomic mass is 32.2.